The van der Waals surface area contributed by atoms with E-state index in [9.17, 15) is 4.79 Å². The van der Waals surface area contributed by atoms with E-state index in [2.05, 4.69) is 36.5 Å². The molecule has 1 fully saturated rings. The molecule has 1 aliphatic carbocycles. The molecule has 1 aliphatic rings. The number of hydrogen-bond donors (Lipinski definition) is 3. The molecule has 7 heteroatoms. The maximum Gasteiger partial charge on any atom is 0.239 e. The van der Waals surface area contributed by atoms with E-state index in [0.717, 1.165) is 12.8 Å². The molecule has 0 unspecified atom stereocenters. The monoisotopic (exact) mass is 285 g/mol. The van der Waals surface area contributed by atoms with Gasteiger partial charge < -0.3 is 16.4 Å². The zero-order valence-corrected chi connectivity index (χ0v) is 10.1. The van der Waals surface area contributed by atoms with Crippen molar-refractivity contribution in [1.29, 1.82) is 0 Å². The maximum atomic E-state index is 11.4. The number of amides is 1. The highest BCUT2D eigenvalue weighted by molar-refractivity contribution is 9.10. The molecule has 2 rings (SSSR count). The van der Waals surface area contributed by atoms with Gasteiger partial charge >= 0.3 is 0 Å². The third-order valence-electron chi connectivity index (χ3n) is 2.18. The second kappa shape index (κ2) is 4.65. The van der Waals surface area contributed by atoms with Crippen LogP contribution in [0.15, 0.2) is 10.8 Å². The van der Waals surface area contributed by atoms with Crippen molar-refractivity contribution in [1.82, 2.24) is 15.3 Å². The molecule has 86 valence electrons. The minimum atomic E-state index is -0.0356. The van der Waals surface area contributed by atoms with Gasteiger partial charge in [-0.3, -0.25) is 4.79 Å². The second-order valence-electron chi connectivity index (χ2n) is 3.62. The lowest BCUT2D eigenvalue weighted by Crippen LogP contribution is -2.31. The van der Waals surface area contributed by atoms with Gasteiger partial charge in [0.25, 0.3) is 0 Å². The van der Waals surface area contributed by atoms with Crippen molar-refractivity contribution >= 4 is 33.5 Å². The predicted octanol–water partition coefficient (Wildman–Crippen LogP) is 0.512. The summed E-state index contributed by atoms with van der Waals surface area (Å²) in [5.41, 5.74) is 5.58. The van der Waals surface area contributed by atoms with Crippen LogP contribution in [0.4, 0.5) is 11.6 Å². The Hall–Kier alpha value is -1.37. The maximum absolute atomic E-state index is 11.4. The van der Waals surface area contributed by atoms with Crippen LogP contribution in [-0.2, 0) is 4.79 Å². The molecule has 1 saturated carbocycles. The van der Waals surface area contributed by atoms with Crippen LogP contribution in [0.1, 0.15) is 12.8 Å². The number of carbonyl (C=O) groups excluding carboxylic acids is 1. The zero-order valence-electron chi connectivity index (χ0n) is 8.53. The molecule has 0 bridgehead atoms. The molecule has 1 heterocycles. The van der Waals surface area contributed by atoms with Crippen LogP contribution in [0.2, 0.25) is 0 Å². The molecule has 1 amide bonds. The number of rotatable bonds is 4. The third kappa shape index (κ3) is 2.82. The number of nitrogen functional groups attached to an aromatic ring is 1. The Morgan fingerprint density at radius 3 is 3.00 bits per heavy atom. The summed E-state index contributed by atoms with van der Waals surface area (Å²) in [7, 11) is 0. The van der Waals surface area contributed by atoms with Gasteiger partial charge in [0.15, 0.2) is 0 Å². The Bertz CT molecular complexity index is 407. The average molecular weight is 286 g/mol. The highest BCUT2D eigenvalue weighted by Crippen LogP contribution is 2.23. The number of carbonyl (C=O) groups is 1. The van der Waals surface area contributed by atoms with Crippen LogP contribution in [0.3, 0.4) is 0 Å². The fourth-order valence-electron chi connectivity index (χ4n) is 1.18. The van der Waals surface area contributed by atoms with E-state index in [1.807, 2.05) is 0 Å². The first-order valence-electron chi connectivity index (χ1n) is 4.96. The van der Waals surface area contributed by atoms with Crippen LogP contribution in [-0.4, -0.2) is 28.5 Å². The molecule has 16 heavy (non-hydrogen) atoms. The molecule has 0 atom stereocenters. The molecule has 6 nitrogen and oxygen atoms in total. The van der Waals surface area contributed by atoms with E-state index in [0.29, 0.717) is 22.2 Å². The number of hydrogen-bond acceptors (Lipinski definition) is 5. The highest BCUT2D eigenvalue weighted by atomic mass is 79.9. The molecule has 0 spiro atoms. The first-order chi connectivity index (χ1) is 7.66. The standard InChI is InChI=1S/C9H12BrN5O/c10-7-8(11)13-4-14-9(7)12-3-6(16)15-5-1-2-5/h4-5H,1-3H2,(H,15,16)(H3,11,12,13,14). The number of nitrogens with two attached hydrogens (primary N) is 1. The van der Waals surface area contributed by atoms with Crippen molar-refractivity contribution in [2.24, 2.45) is 0 Å². The van der Waals surface area contributed by atoms with Gasteiger partial charge in [-0.25, -0.2) is 9.97 Å². The van der Waals surface area contributed by atoms with Crippen molar-refractivity contribution in [3.8, 4) is 0 Å². The summed E-state index contributed by atoms with van der Waals surface area (Å²) in [4.78, 5) is 19.2. The van der Waals surface area contributed by atoms with E-state index in [1.165, 1.54) is 6.33 Å². The number of nitrogens with zero attached hydrogens (tertiary/aromatic N) is 2. The normalized spacial score (nSPS) is 14.6. The summed E-state index contributed by atoms with van der Waals surface area (Å²) in [5, 5.41) is 5.76. The quantitative estimate of drug-likeness (QED) is 0.750. The lowest BCUT2D eigenvalue weighted by molar-refractivity contribution is -0.119. The van der Waals surface area contributed by atoms with E-state index < -0.39 is 0 Å². The van der Waals surface area contributed by atoms with Gasteiger partial charge in [0.1, 0.15) is 22.4 Å². The van der Waals surface area contributed by atoms with Crippen LogP contribution < -0.4 is 16.4 Å². The summed E-state index contributed by atoms with van der Waals surface area (Å²) in [5.74, 6) is 0.838. The van der Waals surface area contributed by atoms with Gasteiger partial charge in [0, 0.05) is 6.04 Å². The molecule has 0 aromatic carbocycles. The molecule has 4 N–H and O–H groups in total. The van der Waals surface area contributed by atoms with Gasteiger partial charge in [-0.05, 0) is 28.8 Å². The molecule has 0 aliphatic heterocycles. The Labute approximate surface area is 101 Å². The lowest BCUT2D eigenvalue weighted by atomic mass is 10.5. The number of aromatic nitrogens is 2. The van der Waals surface area contributed by atoms with Gasteiger partial charge in [-0.1, -0.05) is 0 Å². The Balaban J connectivity index is 1.88. The average Bonchev–Trinajstić information content (AvgIpc) is 3.04. The SMILES string of the molecule is Nc1ncnc(NCC(=O)NC2CC2)c1Br. The Morgan fingerprint density at radius 1 is 1.56 bits per heavy atom. The number of anilines is 2. The smallest absolute Gasteiger partial charge is 0.239 e. The fraction of sp³-hybridized carbons (Fsp3) is 0.444. The largest absolute Gasteiger partial charge is 0.383 e. The molecule has 1 aromatic rings. The minimum absolute atomic E-state index is 0.0356. The van der Waals surface area contributed by atoms with Gasteiger partial charge in [0.2, 0.25) is 5.91 Å². The van der Waals surface area contributed by atoms with Crippen LogP contribution in [0.25, 0.3) is 0 Å². The number of nitrogens with one attached hydrogen (secondary N) is 2. The van der Waals surface area contributed by atoms with Crippen LogP contribution in [0, 0.1) is 0 Å². The summed E-state index contributed by atoms with van der Waals surface area (Å²) >= 11 is 3.25. The zero-order chi connectivity index (χ0) is 11.5. The summed E-state index contributed by atoms with van der Waals surface area (Å²) < 4.78 is 0.578. The summed E-state index contributed by atoms with van der Waals surface area (Å²) in [6, 6.07) is 0.369. The Morgan fingerprint density at radius 2 is 2.31 bits per heavy atom. The summed E-state index contributed by atoms with van der Waals surface area (Å²) in [6.07, 6.45) is 3.51. The van der Waals surface area contributed by atoms with E-state index in [-0.39, 0.29) is 12.5 Å². The topological polar surface area (TPSA) is 92.9 Å². The lowest BCUT2D eigenvalue weighted by Gasteiger charge is -2.08. The Kier molecular flexibility index (Phi) is 3.23. The molecule has 0 saturated heterocycles. The minimum Gasteiger partial charge on any atom is -0.383 e. The molecular formula is C9H12BrN5O. The first-order valence-corrected chi connectivity index (χ1v) is 5.75. The van der Waals surface area contributed by atoms with E-state index in [4.69, 9.17) is 5.73 Å². The van der Waals surface area contributed by atoms with Gasteiger partial charge in [0.05, 0.1) is 6.54 Å². The third-order valence-corrected chi connectivity index (χ3v) is 2.96. The molecule has 0 radical (unpaired) electrons. The highest BCUT2D eigenvalue weighted by Gasteiger charge is 2.23. The predicted molar refractivity (Wildman–Crippen MR) is 63.8 cm³/mol. The van der Waals surface area contributed by atoms with Crippen molar-refractivity contribution in [3.05, 3.63) is 10.8 Å². The summed E-state index contributed by atoms with van der Waals surface area (Å²) in [6.45, 7) is 0.186. The van der Waals surface area contributed by atoms with Crippen molar-refractivity contribution in [2.45, 2.75) is 18.9 Å². The van der Waals surface area contributed by atoms with Crippen LogP contribution >= 0.6 is 15.9 Å². The van der Waals surface area contributed by atoms with Gasteiger partial charge in [-0.15, -0.1) is 0 Å². The van der Waals surface area contributed by atoms with Crippen molar-refractivity contribution in [3.63, 3.8) is 0 Å². The second-order valence-corrected chi connectivity index (χ2v) is 4.41. The fourth-order valence-corrected chi connectivity index (χ4v) is 1.52. The van der Waals surface area contributed by atoms with E-state index in [1.54, 1.807) is 0 Å². The number of halogens is 1. The first kappa shape index (κ1) is 11.1. The van der Waals surface area contributed by atoms with E-state index >= 15 is 0 Å². The van der Waals surface area contributed by atoms with Crippen molar-refractivity contribution in [2.75, 3.05) is 17.6 Å². The molecular weight excluding hydrogens is 274 g/mol. The van der Waals surface area contributed by atoms with Crippen LogP contribution in [0.5, 0.6) is 0 Å². The van der Waals surface area contributed by atoms with Crippen molar-refractivity contribution < 1.29 is 4.79 Å². The molecule has 1 aromatic heterocycles. The van der Waals surface area contributed by atoms with Gasteiger partial charge in [-0.2, -0.15) is 0 Å².